The van der Waals surface area contributed by atoms with Crippen LogP contribution in [0.1, 0.15) is 48.3 Å². The molecule has 10 nitrogen and oxygen atoms in total. The summed E-state index contributed by atoms with van der Waals surface area (Å²) in [5, 5.41) is 29.3. The van der Waals surface area contributed by atoms with Crippen molar-refractivity contribution in [3.8, 4) is 0 Å². The van der Waals surface area contributed by atoms with E-state index in [2.05, 4.69) is 25.6 Å². The minimum atomic E-state index is -0.988. The summed E-state index contributed by atoms with van der Waals surface area (Å²) in [6.45, 7) is 6.65. The Morgan fingerprint density at radius 2 is 1.94 bits per heavy atom. The second kappa shape index (κ2) is 10.0. The van der Waals surface area contributed by atoms with Crippen LogP contribution in [-0.4, -0.2) is 62.9 Å². The first kappa shape index (κ1) is 24.6. The number of piperidine rings is 1. The van der Waals surface area contributed by atoms with E-state index in [0.717, 1.165) is 30.9 Å². The van der Waals surface area contributed by atoms with Crippen molar-refractivity contribution >= 4 is 29.1 Å². The number of nitrogens with one attached hydrogen (secondary N) is 2. The van der Waals surface area contributed by atoms with Gasteiger partial charge in [-0.05, 0) is 51.3 Å². The van der Waals surface area contributed by atoms with Crippen LogP contribution >= 0.6 is 0 Å². The summed E-state index contributed by atoms with van der Waals surface area (Å²) in [7, 11) is 0. The number of carbonyl (C=O) groups excluding carboxylic acids is 2. The van der Waals surface area contributed by atoms with Gasteiger partial charge in [0.05, 0.1) is 23.8 Å². The fraction of sp³-hybridized carbons (Fsp3) is 0.440. The molecule has 1 atom stereocenters. The molecule has 4 N–H and O–H groups in total. The van der Waals surface area contributed by atoms with E-state index >= 15 is 0 Å². The third kappa shape index (κ3) is 5.60. The van der Waals surface area contributed by atoms with Gasteiger partial charge in [0.1, 0.15) is 11.6 Å². The number of hydrogen-bond donors (Lipinski definition) is 4. The van der Waals surface area contributed by atoms with E-state index in [-0.39, 0.29) is 30.9 Å². The molecule has 4 rings (SSSR count). The van der Waals surface area contributed by atoms with Crippen LogP contribution in [0.4, 0.5) is 11.6 Å². The second-order valence-electron chi connectivity index (χ2n) is 9.45. The molecule has 0 aliphatic carbocycles. The Balaban J connectivity index is 1.59. The first-order valence-electron chi connectivity index (χ1n) is 11.8. The number of benzene rings is 1. The Morgan fingerprint density at radius 3 is 2.63 bits per heavy atom. The standard InChI is InChI=1S/C25H32N6O4/c1-16-13-21-27-20(28-24(34)17-6-8-19(9-7-17)25(2,3)35)14-22(31(21)29-16)30-11-4-5-18(15-30)23(33)26-10-12-32/h6-9,13-14,18,32,35H,4-5,10-12,15H2,1-3H3,(H,26,33)(H,27,28,34). The largest absolute Gasteiger partial charge is 0.395 e. The zero-order valence-electron chi connectivity index (χ0n) is 20.3. The van der Waals surface area contributed by atoms with Crippen molar-refractivity contribution in [1.82, 2.24) is 19.9 Å². The first-order chi connectivity index (χ1) is 16.7. The van der Waals surface area contributed by atoms with Gasteiger partial charge in [-0.1, -0.05) is 12.1 Å². The molecule has 0 saturated carbocycles. The van der Waals surface area contributed by atoms with Crippen molar-refractivity contribution in [3.63, 3.8) is 0 Å². The highest BCUT2D eigenvalue weighted by Gasteiger charge is 2.28. The topological polar surface area (TPSA) is 132 Å². The van der Waals surface area contributed by atoms with E-state index < -0.39 is 5.60 Å². The Morgan fingerprint density at radius 1 is 1.20 bits per heavy atom. The molecule has 1 aromatic carbocycles. The van der Waals surface area contributed by atoms with Gasteiger partial charge >= 0.3 is 0 Å². The number of anilines is 2. The van der Waals surface area contributed by atoms with E-state index in [9.17, 15) is 14.7 Å². The number of nitrogens with zero attached hydrogens (tertiary/aromatic N) is 4. The molecule has 1 unspecified atom stereocenters. The van der Waals surface area contributed by atoms with Gasteiger partial charge in [0, 0.05) is 37.3 Å². The van der Waals surface area contributed by atoms with E-state index in [1.165, 1.54) is 0 Å². The zero-order chi connectivity index (χ0) is 25.2. The lowest BCUT2D eigenvalue weighted by Crippen LogP contribution is -2.44. The maximum absolute atomic E-state index is 12.9. The van der Waals surface area contributed by atoms with E-state index in [1.54, 1.807) is 48.7 Å². The Kier molecular flexibility index (Phi) is 7.04. The number of rotatable bonds is 7. The quantitative estimate of drug-likeness (QED) is 0.406. The van der Waals surface area contributed by atoms with E-state index in [4.69, 9.17) is 5.11 Å². The molecular formula is C25H32N6O4. The fourth-order valence-corrected chi connectivity index (χ4v) is 4.30. The van der Waals surface area contributed by atoms with E-state index in [1.807, 2.05) is 13.0 Å². The van der Waals surface area contributed by atoms with Gasteiger partial charge in [-0.25, -0.2) is 4.98 Å². The minimum Gasteiger partial charge on any atom is -0.395 e. The van der Waals surface area contributed by atoms with Crippen molar-refractivity contribution in [2.24, 2.45) is 5.92 Å². The zero-order valence-corrected chi connectivity index (χ0v) is 20.3. The van der Waals surface area contributed by atoms with Gasteiger partial charge in [-0.15, -0.1) is 0 Å². The third-order valence-corrected chi connectivity index (χ3v) is 6.15. The van der Waals surface area contributed by atoms with Crippen molar-refractivity contribution < 1.29 is 19.8 Å². The third-order valence-electron chi connectivity index (χ3n) is 6.15. The molecule has 0 bridgehead atoms. The van der Waals surface area contributed by atoms with Crippen LogP contribution in [0.3, 0.4) is 0 Å². The van der Waals surface area contributed by atoms with Crippen molar-refractivity contribution in [2.45, 2.75) is 39.2 Å². The lowest BCUT2D eigenvalue weighted by Gasteiger charge is -2.33. The molecule has 0 spiro atoms. The Bertz CT molecular complexity index is 1220. The molecule has 1 aliphatic rings. The molecule has 3 aromatic rings. The van der Waals surface area contributed by atoms with Gasteiger partial charge in [0.25, 0.3) is 5.91 Å². The summed E-state index contributed by atoms with van der Waals surface area (Å²) >= 11 is 0. The van der Waals surface area contributed by atoms with Crippen LogP contribution in [0.5, 0.6) is 0 Å². The maximum Gasteiger partial charge on any atom is 0.256 e. The highest BCUT2D eigenvalue weighted by Crippen LogP contribution is 2.27. The lowest BCUT2D eigenvalue weighted by molar-refractivity contribution is -0.125. The summed E-state index contributed by atoms with van der Waals surface area (Å²) in [5.74, 6) is 0.536. The molecular weight excluding hydrogens is 448 g/mol. The highest BCUT2D eigenvalue weighted by atomic mass is 16.3. The minimum absolute atomic E-state index is 0.0753. The van der Waals surface area contributed by atoms with Crippen molar-refractivity contribution in [1.29, 1.82) is 0 Å². The average molecular weight is 481 g/mol. The molecule has 1 aliphatic heterocycles. The monoisotopic (exact) mass is 480 g/mol. The summed E-state index contributed by atoms with van der Waals surface area (Å²) in [6.07, 6.45) is 1.60. The fourth-order valence-electron chi connectivity index (χ4n) is 4.30. The number of carbonyl (C=O) groups is 2. The molecule has 1 fully saturated rings. The molecule has 10 heteroatoms. The van der Waals surface area contributed by atoms with Gasteiger partial charge in [-0.3, -0.25) is 9.59 Å². The predicted molar refractivity (Wildman–Crippen MR) is 132 cm³/mol. The van der Waals surface area contributed by atoms with Crippen LogP contribution in [0.2, 0.25) is 0 Å². The summed E-state index contributed by atoms with van der Waals surface area (Å²) < 4.78 is 1.73. The molecule has 35 heavy (non-hydrogen) atoms. The van der Waals surface area contributed by atoms with E-state index in [0.29, 0.717) is 29.1 Å². The summed E-state index contributed by atoms with van der Waals surface area (Å²) in [5.41, 5.74) is 1.56. The van der Waals surface area contributed by atoms with Gasteiger partial charge in [0.15, 0.2) is 5.65 Å². The summed E-state index contributed by atoms with van der Waals surface area (Å²) in [4.78, 5) is 32.1. The Hall–Kier alpha value is -3.50. The molecule has 3 heterocycles. The number of aliphatic hydroxyl groups is 2. The molecule has 2 amide bonds. The van der Waals surface area contributed by atoms with Crippen LogP contribution < -0.4 is 15.5 Å². The maximum atomic E-state index is 12.9. The van der Waals surface area contributed by atoms with Crippen LogP contribution in [-0.2, 0) is 10.4 Å². The summed E-state index contributed by atoms with van der Waals surface area (Å²) in [6, 6.07) is 10.4. The predicted octanol–water partition coefficient (Wildman–Crippen LogP) is 1.84. The highest BCUT2D eigenvalue weighted by molar-refractivity contribution is 6.04. The van der Waals surface area contributed by atoms with Crippen LogP contribution in [0, 0.1) is 12.8 Å². The molecule has 1 saturated heterocycles. The van der Waals surface area contributed by atoms with Gasteiger partial charge in [-0.2, -0.15) is 9.61 Å². The van der Waals surface area contributed by atoms with Crippen LogP contribution in [0.25, 0.3) is 5.65 Å². The second-order valence-corrected chi connectivity index (χ2v) is 9.45. The number of amides is 2. The Labute approximate surface area is 204 Å². The average Bonchev–Trinajstić information content (AvgIpc) is 3.21. The first-order valence-corrected chi connectivity index (χ1v) is 11.8. The number of fused-ring (bicyclic) bond motifs is 1. The molecule has 0 radical (unpaired) electrons. The number of aromatic nitrogens is 3. The SMILES string of the molecule is Cc1cc2nc(NC(=O)c3ccc(C(C)(C)O)cc3)cc(N3CCCC(C(=O)NCCO)C3)n2n1. The van der Waals surface area contributed by atoms with Crippen molar-refractivity contribution in [2.75, 3.05) is 36.5 Å². The number of aliphatic hydroxyl groups excluding tert-OH is 1. The molecule has 2 aromatic heterocycles. The van der Waals surface area contributed by atoms with Crippen molar-refractivity contribution in [3.05, 3.63) is 53.2 Å². The number of aryl methyl sites for hydroxylation is 1. The smallest absolute Gasteiger partial charge is 0.256 e. The number of hydrogen-bond acceptors (Lipinski definition) is 7. The normalized spacial score (nSPS) is 16.4. The van der Waals surface area contributed by atoms with Gasteiger partial charge < -0.3 is 25.7 Å². The van der Waals surface area contributed by atoms with Gasteiger partial charge in [0.2, 0.25) is 5.91 Å². The lowest BCUT2D eigenvalue weighted by atomic mass is 9.97. The molecule has 186 valence electrons. The van der Waals surface area contributed by atoms with Crippen LogP contribution in [0.15, 0.2) is 36.4 Å².